The van der Waals surface area contributed by atoms with Crippen molar-refractivity contribution in [3.05, 3.63) is 48.5 Å². The van der Waals surface area contributed by atoms with Gasteiger partial charge in [0.15, 0.2) is 0 Å². The number of nitrogens with zero attached hydrogens (tertiary/aromatic N) is 2. The van der Waals surface area contributed by atoms with E-state index in [0.29, 0.717) is 11.4 Å². The van der Waals surface area contributed by atoms with Crippen LogP contribution in [0, 0.1) is 0 Å². The third-order valence-corrected chi connectivity index (χ3v) is 3.99. The first-order chi connectivity index (χ1) is 12.0. The van der Waals surface area contributed by atoms with Crippen LogP contribution in [-0.4, -0.2) is 37.1 Å². The molecule has 0 fully saturated rings. The lowest BCUT2D eigenvalue weighted by Gasteiger charge is -2.21. The Labute approximate surface area is 147 Å². The summed E-state index contributed by atoms with van der Waals surface area (Å²) in [6.07, 6.45) is 0. The van der Waals surface area contributed by atoms with Gasteiger partial charge in [-0.15, -0.1) is 0 Å². The molecule has 0 atom stereocenters. The van der Waals surface area contributed by atoms with Gasteiger partial charge in [-0.2, -0.15) is 0 Å². The van der Waals surface area contributed by atoms with Crippen molar-refractivity contribution in [3.63, 3.8) is 0 Å². The molecule has 0 heterocycles. The van der Waals surface area contributed by atoms with Crippen molar-refractivity contribution in [2.24, 2.45) is 0 Å². The molecule has 25 heavy (non-hydrogen) atoms. The fourth-order valence-corrected chi connectivity index (χ4v) is 2.47. The highest BCUT2D eigenvalue weighted by Gasteiger charge is 2.20. The second kappa shape index (κ2) is 8.19. The molecule has 0 aliphatic carbocycles. The van der Waals surface area contributed by atoms with Gasteiger partial charge in [0.25, 0.3) is 0 Å². The SMILES string of the molecule is CCN(CC)c1ccc(NC(=O)C(=O)N(C)c2ccc(O)cc2)cc1. The highest BCUT2D eigenvalue weighted by atomic mass is 16.3. The molecule has 2 rings (SSSR count). The Morgan fingerprint density at radius 1 is 0.920 bits per heavy atom. The summed E-state index contributed by atoms with van der Waals surface area (Å²) in [4.78, 5) is 27.8. The van der Waals surface area contributed by atoms with Crippen molar-refractivity contribution in [2.45, 2.75) is 13.8 Å². The molecule has 0 radical (unpaired) electrons. The number of hydrogen-bond acceptors (Lipinski definition) is 4. The number of aromatic hydroxyl groups is 1. The van der Waals surface area contributed by atoms with Crippen LogP contribution in [-0.2, 0) is 9.59 Å². The van der Waals surface area contributed by atoms with Crippen molar-refractivity contribution in [1.29, 1.82) is 0 Å². The van der Waals surface area contributed by atoms with Crippen molar-refractivity contribution in [3.8, 4) is 5.75 Å². The predicted octanol–water partition coefficient (Wildman–Crippen LogP) is 2.84. The minimum absolute atomic E-state index is 0.0994. The van der Waals surface area contributed by atoms with Gasteiger partial charge in [0, 0.05) is 37.2 Å². The number of nitrogens with one attached hydrogen (secondary N) is 1. The number of rotatable bonds is 5. The van der Waals surface area contributed by atoms with E-state index in [1.165, 1.54) is 24.1 Å². The zero-order valence-electron chi connectivity index (χ0n) is 14.7. The summed E-state index contributed by atoms with van der Waals surface area (Å²) in [5.41, 5.74) is 2.15. The van der Waals surface area contributed by atoms with E-state index in [-0.39, 0.29) is 5.75 Å². The minimum atomic E-state index is -0.717. The highest BCUT2D eigenvalue weighted by Crippen LogP contribution is 2.19. The first-order valence-corrected chi connectivity index (χ1v) is 8.19. The fraction of sp³-hybridized carbons (Fsp3) is 0.263. The minimum Gasteiger partial charge on any atom is -0.508 e. The molecule has 0 aromatic heterocycles. The molecule has 0 saturated carbocycles. The summed E-state index contributed by atoms with van der Waals surface area (Å²) >= 11 is 0. The number of benzene rings is 2. The summed E-state index contributed by atoms with van der Waals surface area (Å²) in [6, 6.07) is 13.4. The summed E-state index contributed by atoms with van der Waals surface area (Å²) in [6.45, 7) is 5.96. The van der Waals surface area contributed by atoms with Gasteiger partial charge in [-0.1, -0.05) is 0 Å². The Balaban J connectivity index is 2.03. The summed E-state index contributed by atoms with van der Waals surface area (Å²) in [5.74, 6) is -1.30. The Hall–Kier alpha value is -3.02. The smallest absolute Gasteiger partial charge is 0.316 e. The highest BCUT2D eigenvalue weighted by molar-refractivity contribution is 6.44. The van der Waals surface area contributed by atoms with Crippen LogP contribution in [0.1, 0.15) is 13.8 Å². The van der Waals surface area contributed by atoms with Crippen LogP contribution in [0.5, 0.6) is 5.75 Å². The van der Waals surface area contributed by atoms with E-state index < -0.39 is 11.8 Å². The van der Waals surface area contributed by atoms with Gasteiger partial charge in [0.05, 0.1) is 0 Å². The lowest BCUT2D eigenvalue weighted by atomic mass is 10.2. The van der Waals surface area contributed by atoms with Crippen LogP contribution in [0.3, 0.4) is 0 Å². The van der Waals surface area contributed by atoms with Crippen LogP contribution in [0.4, 0.5) is 17.1 Å². The normalized spacial score (nSPS) is 10.2. The topological polar surface area (TPSA) is 72.9 Å². The van der Waals surface area contributed by atoms with E-state index in [1.807, 2.05) is 12.1 Å². The maximum Gasteiger partial charge on any atom is 0.316 e. The Morgan fingerprint density at radius 2 is 1.44 bits per heavy atom. The summed E-state index contributed by atoms with van der Waals surface area (Å²) in [7, 11) is 1.51. The summed E-state index contributed by atoms with van der Waals surface area (Å²) in [5, 5.41) is 11.9. The van der Waals surface area contributed by atoms with Crippen molar-refractivity contribution < 1.29 is 14.7 Å². The van der Waals surface area contributed by atoms with Crippen LogP contribution in [0.15, 0.2) is 48.5 Å². The molecular weight excluding hydrogens is 318 g/mol. The molecule has 0 spiro atoms. The molecule has 132 valence electrons. The molecule has 2 amide bonds. The average Bonchev–Trinajstić information content (AvgIpc) is 2.63. The molecule has 0 bridgehead atoms. The number of anilines is 3. The molecule has 0 saturated heterocycles. The first kappa shape index (κ1) is 18.3. The van der Waals surface area contributed by atoms with Gasteiger partial charge in [-0.05, 0) is 62.4 Å². The molecule has 0 aliphatic rings. The van der Waals surface area contributed by atoms with Crippen LogP contribution in [0.2, 0.25) is 0 Å². The van der Waals surface area contributed by atoms with E-state index >= 15 is 0 Å². The fourth-order valence-electron chi connectivity index (χ4n) is 2.47. The maximum absolute atomic E-state index is 12.2. The molecular formula is C19H23N3O3. The lowest BCUT2D eigenvalue weighted by Crippen LogP contribution is -2.37. The molecule has 0 aliphatic heterocycles. The van der Waals surface area contributed by atoms with Crippen molar-refractivity contribution >= 4 is 28.9 Å². The van der Waals surface area contributed by atoms with E-state index in [4.69, 9.17) is 0 Å². The van der Waals surface area contributed by atoms with Crippen LogP contribution >= 0.6 is 0 Å². The average molecular weight is 341 g/mol. The molecule has 6 heteroatoms. The number of phenolic OH excluding ortho intramolecular Hbond substituents is 1. The number of carbonyl (C=O) groups excluding carboxylic acids is 2. The van der Waals surface area contributed by atoms with Gasteiger partial charge in [0.1, 0.15) is 5.75 Å². The zero-order valence-corrected chi connectivity index (χ0v) is 14.7. The number of phenols is 1. The Bertz CT molecular complexity index is 723. The van der Waals surface area contributed by atoms with Crippen LogP contribution < -0.4 is 15.1 Å². The number of likely N-dealkylation sites (N-methyl/N-ethyl adjacent to an activating group) is 1. The molecule has 2 N–H and O–H groups in total. The van der Waals surface area contributed by atoms with E-state index in [1.54, 1.807) is 24.3 Å². The van der Waals surface area contributed by atoms with E-state index in [2.05, 4.69) is 24.1 Å². The largest absolute Gasteiger partial charge is 0.508 e. The second-order valence-corrected chi connectivity index (χ2v) is 5.55. The van der Waals surface area contributed by atoms with E-state index in [9.17, 15) is 14.7 Å². The lowest BCUT2D eigenvalue weighted by molar-refractivity contribution is -0.134. The van der Waals surface area contributed by atoms with Crippen LogP contribution in [0.25, 0.3) is 0 Å². The standard InChI is InChI=1S/C19H23N3O3/c1-4-22(5-2)16-8-6-14(7-9-16)20-18(24)19(25)21(3)15-10-12-17(23)13-11-15/h6-13,23H,4-5H2,1-3H3,(H,20,24). The zero-order chi connectivity index (χ0) is 18.4. The van der Waals surface area contributed by atoms with Gasteiger partial charge < -0.3 is 20.2 Å². The molecule has 2 aromatic carbocycles. The third-order valence-electron chi connectivity index (χ3n) is 3.99. The molecule has 2 aromatic rings. The Morgan fingerprint density at radius 3 is 1.96 bits per heavy atom. The number of hydrogen-bond donors (Lipinski definition) is 2. The first-order valence-electron chi connectivity index (χ1n) is 8.19. The number of amides is 2. The predicted molar refractivity (Wildman–Crippen MR) is 100 cm³/mol. The molecule has 6 nitrogen and oxygen atoms in total. The van der Waals surface area contributed by atoms with Crippen molar-refractivity contribution in [1.82, 2.24) is 0 Å². The Kier molecular flexibility index (Phi) is 6.00. The molecule has 0 unspecified atom stereocenters. The van der Waals surface area contributed by atoms with Crippen molar-refractivity contribution in [2.75, 3.05) is 35.3 Å². The van der Waals surface area contributed by atoms with Gasteiger partial charge >= 0.3 is 11.8 Å². The third kappa shape index (κ3) is 4.50. The maximum atomic E-state index is 12.2. The van der Waals surface area contributed by atoms with Gasteiger partial charge in [-0.3, -0.25) is 9.59 Å². The van der Waals surface area contributed by atoms with Gasteiger partial charge in [-0.25, -0.2) is 0 Å². The van der Waals surface area contributed by atoms with E-state index in [0.717, 1.165) is 18.8 Å². The monoisotopic (exact) mass is 341 g/mol. The van der Waals surface area contributed by atoms with Gasteiger partial charge in [0.2, 0.25) is 0 Å². The summed E-state index contributed by atoms with van der Waals surface area (Å²) < 4.78 is 0. The second-order valence-electron chi connectivity index (χ2n) is 5.55. The number of carbonyl (C=O) groups is 2. The quantitative estimate of drug-likeness (QED) is 0.820.